The molecule has 0 spiro atoms. The zero-order chi connectivity index (χ0) is 7.56. The SMILES string of the molecule is Cn1ccc(NS(=O)[O-])n1. The van der Waals surface area contributed by atoms with Gasteiger partial charge in [-0.3, -0.25) is 13.6 Å². The Balaban J connectivity index is 2.67. The van der Waals surface area contributed by atoms with Crippen LogP contribution in [0.4, 0.5) is 5.82 Å². The summed E-state index contributed by atoms with van der Waals surface area (Å²) < 4.78 is 23.7. The lowest BCUT2D eigenvalue weighted by Gasteiger charge is -2.03. The van der Waals surface area contributed by atoms with Gasteiger partial charge in [-0.2, -0.15) is 5.10 Å². The fraction of sp³-hybridized carbons (Fsp3) is 0.250. The molecule has 0 aliphatic heterocycles. The number of anilines is 1. The molecular weight excluding hydrogens is 154 g/mol. The summed E-state index contributed by atoms with van der Waals surface area (Å²) in [6.45, 7) is 0. The van der Waals surface area contributed by atoms with Gasteiger partial charge in [-0.15, -0.1) is 0 Å². The minimum absolute atomic E-state index is 0.329. The predicted molar refractivity (Wildman–Crippen MR) is 35.8 cm³/mol. The summed E-state index contributed by atoms with van der Waals surface area (Å²) in [4.78, 5) is 0. The van der Waals surface area contributed by atoms with Crippen LogP contribution in [0.25, 0.3) is 0 Å². The Morgan fingerprint density at radius 2 is 2.60 bits per heavy atom. The van der Waals surface area contributed by atoms with Crippen LogP contribution in [0.1, 0.15) is 0 Å². The standard InChI is InChI=1S/C4H7N3O2S/c1-7-3-2-4(5-7)6-10(8)9/h2-3H,1H3,(H,5,6)(H,8,9)/p-1. The van der Waals surface area contributed by atoms with E-state index in [0.717, 1.165) is 0 Å². The molecule has 1 aromatic rings. The second kappa shape index (κ2) is 2.80. The van der Waals surface area contributed by atoms with Crippen molar-refractivity contribution >= 4 is 17.1 Å². The summed E-state index contributed by atoms with van der Waals surface area (Å²) >= 11 is -2.28. The molecule has 0 fully saturated rings. The van der Waals surface area contributed by atoms with E-state index in [4.69, 9.17) is 0 Å². The van der Waals surface area contributed by atoms with Gasteiger partial charge in [0.25, 0.3) is 0 Å². The summed E-state index contributed by atoms with van der Waals surface area (Å²) in [6, 6.07) is 1.57. The van der Waals surface area contributed by atoms with Gasteiger partial charge in [-0.05, 0) is 0 Å². The van der Waals surface area contributed by atoms with Crippen molar-refractivity contribution in [3.8, 4) is 0 Å². The van der Waals surface area contributed by atoms with Gasteiger partial charge in [-0.1, -0.05) is 0 Å². The molecule has 0 aliphatic rings. The number of rotatable bonds is 2. The second-order valence-corrected chi connectivity index (χ2v) is 2.38. The Kier molecular flexibility index (Phi) is 2.03. The average molecular weight is 160 g/mol. The largest absolute Gasteiger partial charge is 0.755 e. The number of aryl methyl sites for hydroxylation is 1. The molecule has 1 atom stereocenters. The van der Waals surface area contributed by atoms with Crippen LogP contribution in [0.15, 0.2) is 12.3 Å². The molecule has 0 aromatic carbocycles. The van der Waals surface area contributed by atoms with E-state index in [1.54, 1.807) is 19.3 Å². The highest BCUT2D eigenvalue weighted by Gasteiger charge is 1.91. The van der Waals surface area contributed by atoms with Gasteiger partial charge < -0.3 is 4.55 Å². The number of hydrogen-bond acceptors (Lipinski definition) is 3. The van der Waals surface area contributed by atoms with Gasteiger partial charge in [0.15, 0.2) is 5.82 Å². The molecule has 0 bridgehead atoms. The van der Waals surface area contributed by atoms with E-state index >= 15 is 0 Å². The highest BCUT2D eigenvalue weighted by Crippen LogP contribution is 1.99. The number of aromatic nitrogens is 2. The maximum atomic E-state index is 10.0. The maximum Gasteiger partial charge on any atom is 0.158 e. The molecular formula is C4H6N3O2S-. The molecule has 0 radical (unpaired) electrons. The Labute approximate surface area is 60.5 Å². The van der Waals surface area contributed by atoms with Crippen LogP contribution in [0.3, 0.4) is 0 Å². The van der Waals surface area contributed by atoms with Crippen LogP contribution in [-0.4, -0.2) is 18.5 Å². The highest BCUT2D eigenvalue weighted by molar-refractivity contribution is 7.80. The summed E-state index contributed by atoms with van der Waals surface area (Å²) in [6.07, 6.45) is 1.65. The smallest absolute Gasteiger partial charge is 0.158 e. The molecule has 0 aliphatic carbocycles. The Morgan fingerprint density at radius 3 is 3.00 bits per heavy atom. The maximum absolute atomic E-state index is 10.0. The van der Waals surface area contributed by atoms with Crippen molar-refractivity contribution in [1.29, 1.82) is 0 Å². The summed E-state index contributed by atoms with van der Waals surface area (Å²) in [5.74, 6) is 0.329. The first-order chi connectivity index (χ1) is 4.68. The molecule has 6 heteroatoms. The summed E-state index contributed by atoms with van der Waals surface area (Å²) in [5, 5.41) is 3.76. The average Bonchev–Trinajstić information content (AvgIpc) is 2.13. The van der Waals surface area contributed by atoms with E-state index in [9.17, 15) is 8.76 Å². The van der Waals surface area contributed by atoms with Gasteiger partial charge in [-0.25, -0.2) is 0 Å². The first kappa shape index (κ1) is 7.23. The minimum atomic E-state index is -2.28. The number of hydrogen-bond donors (Lipinski definition) is 1. The fourth-order valence-corrected chi connectivity index (χ4v) is 0.835. The molecule has 1 heterocycles. The first-order valence-electron chi connectivity index (χ1n) is 2.54. The van der Waals surface area contributed by atoms with Gasteiger partial charge >= 0.3 is 0 Å². The van der Waals surface area contributed by atoms with Crippen LogP contribution in [0, 0.1) is 0 Å². The predicted octanol–water partition coefficient (Wildman–Crippen LogP) is -0.374. The molecule has 10 heavy (non-hydrogen) atoms. The Morgan fingerprint density at radius 1 is 1.90 bits per heavy atom. The van der Waals surface area contributed by atoms with Crippen LogP contribution in [-0.2, 0) is 18.3 Å². The first-order valence-corrected chi connectivity index (χ1v) is 3.61. The van der Waals surface area contributed by atoms with Crippen LogP contribution in [0.2, 0.25) is 0 Å². The molecule has 56 valence electrons. The molecule has 5 nitrogen and oxygen atoms in total. The van der Waals surface area contributed by atoms with Crippen molar-refractivity contribution < 1.29 is 8.76 Å². The van der Waals surface area contributed by atoms with Crippen LogP contribution in [0.5, 0.6) is 0 Å². The van der Waals surface area contributed by atoms with Gasteiger partial charge in [0, 0.05) is 30.6 Å². The second-order valence-electron chi connectivity index (χ2n) is 1.71. The van der Waals surface area contributed by atoms with Gasteiger partial charge in [0.05, 0.1) is 0 Å². The number of nitrogens with zero attached hydrogens (tertiary/aromatic N) is 2. The van der Waals surface area contributed by atoms with E-state index < -0.39 is 11.3 Å². The third kappa shape index (κ3) is 1.82. The van der Waals surface area contributed by atoms with Crippen LogP contribution >= 0.6 is 0 Å². The van der Waals surface area contributed by atoms with E-state index in [-0.39, 0.29) is 0 Å². The van der Waals surface area contributed by atoms with Crippen LogP contribution < -0.4 is 4.72 Å². The highest BCUT2D eigenvalue weighted by atomic mass is 32.2. The third-order valence-electron chi connectivity index (χ3n) is 0.902. The topological polar surface area (TPSA) is 70.0 Å². The van der Waals surface area contributed by atoms with Crippen molar-refractivity contribution in [2.45, 2.75) is 0 Å². The van der Waals surface area contributed by atoms with E-state index in [1.165, 1.54) is 4.68 Å². The van der Waals surface area contributed by atoms with Crippen molar-refractivity contribution in [3.05, 3.63) is 12.3 Å². The van der Waals surface area contributed by atoms with Crippen molar-refractivity contribution in [2.24, 2.45) is 7.05 Å². The lowest BCUT2D eigenvalue weighted by atomic mass is 10.7. The Bertz CT molecular complexity index is 246. The molecule has 0 saturated heterocycles. The van der Waals surface area contributed by atoms with Gasteiger partial charge in [0.2, 0.25) is 0 Å². The third-order valence-corrected chi connectivity index (χ3v) is 1.28. The monoisotopic (exact) mass is 160 g/mol. The lowest BCUT2D eigenvalue weighted by molar-refractivity contribution is 0.542. The zero-order valence-electron chi connectivity index (χ0n) is 5.27. The molecule has 0 amide bonds. The normalized spacial score (nSPS) is 13.0. The van der Waals surface area contributed by atoms with E-state index in [2.05, 4.69) is 9.82 Å². The molecule has 0 saturated carbocycles. The summed E-state index contributed by atoms with van der Waals surface area (Å²) in [7, 11) is 1.71. The molecule has 1 rings (SSSR count). The van der Waals surface area contributed by atoms with Crippen molar-refractivity contribution in [1.82, 2.24) is 9.78 Å². The van der Waals surface area contributed by atoms with Gasteiger partial charge in [0.1, 0.15) is 0 Å². The zero-order valence-corrected chi connectivity index (χ0v) is 6.09. The fourth-order valence-electron chi connectivity index (χ4n) is 0.555. The lowest BCUT2D eigenvalue weighted by Crippen LogP contribution is -2.03. The molecule has 1 unspecified atom stereocenters. The summed E-state index contributed by atoms with van der Waals surface area (Å²) in [5.41, 5.74) is 0. The van der Waals surface area contributed by atoms with Crippen molar-refractivity contribution in [3.63, 3.8) is 0 Å². The quantitative estimate of drug-likeness (QED) is 0.600. The van der Waals surface area contributed by atoms with Crippen molar-refractivity contribution in [2.75, 3.05) is 4.72 Å². The number of nitrogens with one attached hydrogen (secondary N) is 1. The van der Waals surface area contributed by atoms with E-state index in [0.29, 0.717) is 5.82 Å². The molecule has 1 aromatic heterocycles. The molecule has 1 N–H and O–H groups in total. The minimum Gasteiger partial charge on any atom is -0.755 e. The Hall–Kier alpha value is -0.880. The van der Waals surface area contributed by atoms with E-state index in [1.807, 2.05) is 0 Å².